The summed E-state index contributed by atoms with van der Waals surface area (Å²) in [5.41, 5.74) is 6.65. The molecule has 0 radical (unpaired) electrons. The Labute approximate surface area is 180 Å². The summed E-state index contributed by atoms with van der Waals surface area (Å²) in [6.07, 6.45) is 0.335. The zero-order chi connectivity index (χ0) is 21.4. The molecule has 5 heteroatoms. The van der Waals surface area contributed by atoms with Gasteiger partial charge in [-0.05, 0) is 39.8 Å². The molecule has 2 aliphatic rings. The van der Waals surface area contributed by atoms with Crippen LogP contribution in [-0.4, -0.2) is 41.3 Å². The number of fused-ring (bicyclic) bond motifs is 4. The summed E-state index contributed by atoms with van der Waals surface area (Å²) in [5.74, 6) is -1.06. The summed E-state index contributed by atoms with van der Waals surface area (Å²) in [5, 5.41) is 9.80. The molecule has 31 heavy (non-hydrogen) atoms. The topological polar surface area (TPSA) is 66.8 Å². The van der Waals surface area contributed by atoms with Crippen LogP contribution < -0.4 is 0 Å². The van der Waals surface area contributed by atoms with Crippen LogP contribution >= 0.6 is 0 Å². The van der Waals surface area contributed by atoms with Gasteiger partial charge >= 0.3 is 12.1 Å². The number of hydrogen-bond donors (Lipinski definition) is 1. The molecule has 3 aromatic rings. The number of carboxylic acids is 1. The summed E-state index contributed by atoms with van der Waals surface area (Å²) < 4.78 is 5.74. The molecule has 0 saturated heterocycles. The Kier molecular flexibility index (Phi) is 4.94. The van der Waals surface area contributed by atoms with Crippen molar-refractivity contribution in [2.45, 2.75) is 24.8 Å². The van der Waals surface area contributed by atoms with Gasteiger partial charge in [0, 0.05) is 18.9 Å². The van der Waals surface area contributed by atoms with Crippen LogP contribution in [0.15, 0.2) is 72.8 Å². The maximum atomic E-state index is 13.0. The predicted molar refractivity (Wildman–Crippen MR) is 117 cm³/mol. The number of rotatable bonds is 3. The monoisotopic (exact) mass is 413 g/mol. The van der Waals surface area contributed by atoms with E-state index in [2.05, 4.69) is 24.3 Å². The van der Waals surface area contributed by atoms with Crippen LogP contribution in [0.25, 0.3) is 11.1 Å². The molecule has 156 valence electrons. The first-order valence-electron chi connectivity index (χ1n) is 10.5. The van der Waals surface area contributed by atoms with Gasteiger partial charge in [-0.2, -0.15) is 0 Å². The molecule has 5 nitrogen and oxygen atoms in total. The lowest BCUT2D eigenvalue weighted by molar-refractivity contribution is -0.142. The summed E-state index contributed by atoms with van der Waals surface area (Å²) in [7, 11) is 0. The summed E-state index contributed by atoms with van der Waals surface area (Å²) in [6.45, 7) is 0.507. The molecule has 0 aromatic heterocycles. The third kappa shape index (κ3) is 3.46. The highest BCUT2D eigenvalue weighted by Crippen LogP contribution is 2.44. The minimum atomic E-state index is -1.01. The van der Waals surface area contributed by atoms with Gasteiger partial charge in [0.05, 0.1) is 0 Å². The van der Waals surface area contributed by atoms with E-state index in [1.54, 1.807) is 0 Å². The number of hydrogen-bond acceptors (Lipinski definition) is 3. The minimum Gasteiger partial charge on any atom is -0.480 e. The van der Waals surface area contributed by atoms with Crippen LogP contribution in [0.4, 0.5) is 4.79 Å². The molecule has 1 amide bonds. The Balaban J connectivity index is 1.36. The van der Waals surface area contributed by atoms with Crippen molar-refractivity contribution in [3.63, 3.8) is 0 Å². The largest absolute Gasteiger partial charge is 0.480 e. The Bertz CT molecular complexity index is 1110. The normalized spacial score (nSPS) is 17.3. The van der Waals surface area contributed by atoms with E-state index in [-0.39, 0.29) is 18.9 Å². The molecule has 1 unspecified atom stereocenters. The van der Waals surface area contributed by atoms with E-state index in [1.165, 1.54) is 4.90 Å². The molecule has 1 aliphatic heterocycles. The van der Waals surface area contributed by atoms with Crippen molar-refractivity contribution < 1.29 is 19.4 Å². The van der Waals surface area contributed by atoms with Gasteiger partial charge in [0.15, 0.2) is 0 Å². The van der Waals surface area contributed by atoms with Crippen molar-refractivity contribution in [1.29, 1.82) is 0 Å². The number of benzene rings is 3. The van der Waals surface area contributed by atoms with Crippen molar-refractivity contribution in [3.8, 4) is 11.1 Å². The zero-order valence-corrected chi connectivity index (χ0v) is 17.0. The van der Waals surface area contributed by atoms with Crippen LogP contribution in [0.1, 0.15) is 28.2 Å². The van der Waals surface area contributed by atoms with Gasteiger partial charge in [-0.3, -0.25) is 4.90 Å². The fourth-order valence-electron chi connectivity index (χ4n) is 4.83. The lowest BCUT2D eigenvalue weighted by Gasteiger charge is -2.27. The van der Waals surface area contributed by atoms with Crippen LogP contribution in [-0.2, 0) is 22.4 Å². The molecule has 1 N–H and O–H groups in total. The molecule has 0 bridgehead atoms. The number of carbonyl (C=O) groups is 2. The van der Waals surface area contributed by atoms with E-state index in [0.29, 0.717) is 13.0 Å². The van der Waals surface area contributed by atoms with Gasteiger partial charge in [-0.25, -0.2) is 9.59 Å². The minimum absolute atomic E-state index is 0.0520. The third-order valence-electron chi connectivity index (χ3n) is 6.39. The Hall–Kier alpha value is -3.60. The number of carboxylic acid groups (broad SMARTS) is 1. The molecule has 1 atom stereocenters. The number of amides is 1. The standard InChI is InChI=1S/C26H23NO4/c28-25(29)24-15-18-8-2-1-7-17(18)13-14-27(24)26(30)31-16-23-21-11-5-3-9-19(21)20-10-4-6-12-22(20)23/h1-12,23-24H,13-16H2,(H,28,29). The molecular weight excluding hydrogens is 390 g/mol. The molecule has 5 rings (SSSR count). The highest BCUT2D eigenvalue weighted by Gasteiger charge is 2.35. The van der Waals surface area contributed by atoms with Crippen molar-refractivity contribution in [1.82, 2.24) is 4.90 Å². The number of nitrogens with zero attached hydrogens (tertiary/aromatic N) is 1. The molecule has 1 aliphatic carbocycles. The van der Waals surface area contributed by atoms with Gasteiger partial charge in [0.25, 0.3) is 0 Å². The summed E-state index contributed by atoms with van der Waals surface area (Å²) in [6, 6.07) is 23.2. The van der Waals surface area contributed by atoms with Crippen LogP contribution in [0.5, 0.6) is 0 Å². The first-order chi connectivity index (χ1) is 15.1. The quantitative estimate of drug-likeness (QED) is 0.687. The molecule has 0 spiro atoms. The van der Waals surface area contributed by atoms with Crippen LogP contribution in [0, 0.1) is 0 Å². The van der Waals surface area contributed by atoms with Gasteiger partial charge in [-0.15, -0.1) is 0 Å². The SMILES string of the molecule is O=C(O)C1Cc2ccccc2CCN1C(=O)OCC1c2ccccc2-c2ccccc21. The predicted octanol–water partition coefficient (Wildman–Crippen LogP) is 4.49. The van der Waals surface area contributed by atoms with Gasteiger partial charge in [0.2, 0.25) is 0 Å². The van der Waals surface area contributed by atoms with Crippen molar-refractivity contribution in [2.75, 3.05) is 13.2 Å². The highest BCUT2D eigenvalue weighted by molar-refractivity contribution is 5.81. The molecule has 3 aromatic carbocycles. The van der Waals surface area contributed by atoms with Gasteiger partial charge in [0.1, 0.15) is 12.6 Å². The fourth-order valence-corrected chi connectivity index (χ4v) is 4.83. The average molecular weight is 413 g/mol. The number of carbonyl (C=O) groups excluding carboxylic acids is 1. The van der Waals surface area contributed by atoms with Crippen molar-refractivity contribution >= 4 is 12.1 Å². The maximum absolute atomic E-state index is 13.0. The van der Waals surface area contributed by atoms with E-state index in [4.69, 9.17) is 4.74 Å². The molecule has 0 fully saturated rings. The third-order valence-corrected chi connectivity index (χ3v) is 6.39. The number of aliphatic carboxylic acids is 1. The maximum Gasteiger partial charge on any atom is 0.410 e. The van der Waals surface area contributed by atoms with Crippen LogP contribution in [0.3, 0.4) is 0 Å². The zero-order valence-electron chi connectivity index (χ0n) is 17.0. The first-order valence-corrected chi connectivity index (χ1v) is 10.5. The van der Waals surface area contributed by atoms with E-state index in [9.17, 15) is 14.7 Å². The second-order valence-electron chi connectivity index (χ2n) is 8.07. The fraction of sp³-hybridized carbons (Fsp3) is 0.231. The van der Waals surface area contributed by atoms with Crippen LogP contribution in [0.2, 0.25) is 0 Å². The lowest BCUT2D eigenvalue weighted by atomic mass is 9.98. The van der Waals surface area contributed by atoms with E-state index >= 15 is 0 Å². The second kappa shape index (κ2) is 7.91. The molecule has 0 saturated carbocycles. The number of ether oxygens (including phenoxy) is 1. The summed E-state index contributed by atoms with van der Waals surface area (Å²) >= 11 is 0. The summed E-state index contributed by atoms with van der Waals surface area (Å²) in [4.78, 5) is 26.4. The van der Waals surface area contributed by atoms with E-state index in [0.717, 1.165) is 33.4 Å². The Morgan fingerprint density at radius 3 is 2.10 bits per heavy atom. The average Bonchev–Trinajstić information content (AvgIpc) is 2.97. The first kappa shape index (κ1) is 19.4. The second-order valence-corrected chi connectivity index (χ2v) is 8.07. The highest BCUT2D eigenvalue weighted by atomic mass is 16.6. The smallest absolute Gasteiger partial charge is 0.410 e. The van der Waals surface area contributed by atoms with Gasteiger partial charge in [-0.1, -0.05) is 72.8 Å². The van der Waals surface area contributed by atoms with Crippen molar-refractivity contribution in [2.24, 2.45) is 0 Å². The lowest BCUT2D eigenvalue weighted by Crippen LogP contribution is -2.46. The van der Waals surface area contributed by atoms with E-state index < -0.39 is 18.1 Å². The molecule has 1 heterocycles. The van der Waals surface area contributed by atoms with Gasteiger partial charge < -0.3 is 9.84 Å². The molecular formula is C26H23NO4. The Morgan fingerprint density at radius 1 is 0.871 bits per heavy atom. The van der Waals surface area contributed by atoms with Crippen molar-refractivity contribution in [3.05, 3.63) is 95.1 Å². The Morgan fingerprint density at radius 2 is 1.45 bits per heavy atom. The van der Waals surface area contributed by atoms with E-state index in [1.807, 2.05) is 48.5 Å².